The van der Waals surface area contributed by atoms with E-state index in [1.54, 1.807) is 11.3 Å². The van der Waals surface area contributed by atoms with E-state index < -0.39 is 11.2 Å². The lowest BCUT2D eigenvalue weighted by Gasteiger charge is -2.36. The van der Waals surface area contributed by atoms with Crippen molar-refractivity contribution in [2.45, 2.75) is 83.7 Å². The first kappa shape index (κ1) is 26.4. The number of aromatic nitrogens is 2. The molecular formula is C27H38N4O4S. The second kappa shape index (κ2) is 11.2. The Morgan fingerprint density at radius 2 is 1.86 bits per heavy atom. The minimum Gasteiger partial charge on any atom is -0.352 e. The number of likely N-dealkylation sites (tertiary alicyclic amines) is 1. The van der Waals surface area contributed by atoms with E-state index in [0.29, 0.717) is 18.4 Å². The van der Waals surface area contributed by atoms with Crippen molar-refractivity contribution in [2.75, 3.05) is 13.1 Å². The SMILES string of the molecule is CC(C)(C)c1ccc(C(=O)N2CCCC(CC(NC(=O)Cn3ccc(=O)[nH]c3=O)C3CCCC3)C2)s1. The Labute approximate surface area is 216 Å². The van der Waals surface area contributed by atoms with Gasteiger partial charge in [-0.15, -0.1) is 11.3 Å². The number of rotatable bonds is 7. The second-order valence-electron chi connectivity index (χ2n) is 11.4. The summed E-state index contributed by atoms with van der Waals surface area (Å²) in [4.78, 5) is 55.6. The maximum atomic E-state index is 13.3. The molecule has 1 saturated heterocycles. The summed E-state index contributed by atoms with van der Waals surface area (Å²) in [6.07, 6.45) is 8.70. The van der Waals surface area contributed by atoms with E-state index in [1.165, 1.54) is 34.5 Å². The summed E-state index contributed by atoms with van der Waals surface area (Å²) in [6.45, 7) is 7.84. The van der Waals surface area contributed by atoms with Gasteiger partial charge in [0.25, 0.3) is 11.5 Å². The van der Waals surface area contributed by atoms with Crippen LogP contribution in [0, 0.1) is 11.8 Å². The highest BCUT2D eigenvalue weighted by Crippen LogP contribution is 2.34. The van der Waals surface area contributed by atoms with Gasteiger partial charge in [-0.1, -0.05) is 33.6 Å². The van der Waals surface area contributed by atoms with E-state index in [-0.39, 0.29) is 29.8 Å². The van der Waals surface area contributed by atoms with Gasteiger partial charge >= 0.3 is 5.69 Å². The van der Waals surface area contributed by atoms with Crippen molar-refractivity contribution in [1.82, 2.24) is 19.8 Å². The van der Waals surface area contributed by atoms with Gasteiger partial charge in [0.2, 0.25) is 5.91 Å². The zero-order valence-electron chi connectivity index (χ0n) is 21.5. The number of hydrogen-bond acceptors (Lipinski definition) is 5. The number of carbonyl (C=O) groups excluding carboxylic acids is 2. The molecule has 1 aliphatic carbocycles. The molecule has 3 heterocycles. The standard InChI is InChI=1S/C27H38N4O4S/c1-27(2,3)22-11-10-21(36-22)25(34)30-13-6-7-18(16-30)15-20(19-8-4-5-9-19)28-24(33)17-31-14-12-23(32)29-26(31)35/h10-12,14,18-20H,4-9,13,15-17H2,1-3H3,(H,28,33)(H,29,32,35). The van der Waals surface area contributed by atoms with E-state index in [1.807, 2.05) is 11.0 Å². The quantitative estimate of drug-likeness (QED) is 0.590. The summed E-state index contributed by atoms with van der Waals surface area (Å²) in [5, 5.41) is 3.20. The zero-order valence-corrected chi connectivity index (χ0v) is 22.4. The van der Waals surface area contributed by atoms with Crippen molar-refractivity contribution in [3.05, 3.63) is 55.0 Å². The van der Waals surface area contributed by atoms with Gasteiger partial charge in [-0.3, -0.25) is 23.9 Å². The molecule has 4 rings (SSSR count). The third kappa shape index (κ3) is 6.55. The summed E-state index contributed by atoms with van der Waals surface area (Å²) in [7, 11) is 0. The molecule has 0 bridgehead atoms. The second-order valence-corrected chi connectivity index (χ2v) is 12.4. The maximum absolute atomic E-state index is 13.3. The molecule has 2 unspecified atom stereocenters. The third-order valence-electron chi connectivity index (χ3n) is 7.48. The molecule has 1 saturated carbocycles. The van der Waals surface area contributed by atoms with Gasteiger partial charge in [-0.2, -0.15) is 0 Å². The normalized spacial score (nSPS) is 19.9. The Hall–Kier alpha value is -2.68. The molecule has 2 fully saturated rings. The van der Waals surface area contributed by atoms with Crippen LogP contribution in [0.4, 0.5) is 0 Å². The number of hydrogen-bond donors (Lipinski definition) is 2. The van der Waals surface area contributed by atoms with Crippen LogP contribution >= 0.6 is 11.3 Å². The van der Waals surface area contributed by atoms with Crippen molar-refractivity contribution in [3.63, 3.8) is 0 Å². The molecule has 1 aliphatic heterocycles. The Morgan fingerprint density at radius 1 is 1.11 bits per heavy atom. The largest absolute Gasteiger partial charge is 0.352 e. The molecule has 0 spiro atoms. The number of carbonyl (C=O) groups is 2. The minimum absolute atomic E-state index is 0.0211. The summed E-state index contributed by atoms with van der Waals surface area (Å²) < 4.78 is 1.22. The van der Waals surface area contributed by atoms with Gasteiger partial charge in [0.15, 0.2) is 0 Å². The topological polar surface area (TPSA) is 104 Å². The zero-order chi connectivity index (χ0) is 25.9. The van der Waals surface area contributed by atoms with Crippen molar-refractivity contribution in [1.29, 1.82) is 0 Å². The summed E-state index contributed by atoms with van der Waals surface area (Å²) in [6, 6.07) is 5.29. The van der Waals surface area contributed by atoms with Gasteiger partial charge < -0.3 is 10.2 Å². The minimum atomic E-state index is -0.584. The number of piperidine rings is 1. The highest BCUT2D eigenvalue weighted by Gasteiger charge is 2.32. The Balaban J connectivity index is 1.40. The molecule has 2 aromatic rings. The Bertz CT molecular complexity index is 1190. The predicted molar refractivity (Wildman–Crippen MR) is 141 cm³/mol. The van der Waals surface area contributed by atoms with Gasteiger partial charge in [-0.05, 0) is 61.5 Å². The Kier molecular flexibility index (Phi) is 8.17. The van der Waals surface area contributed by atoms with E-state index in [0.717, 1.165) is 43.5 Å². The first-order chi connectivity index (χ1) is 17.1. The van der Waals surface area contributed by atoms with Gasteiger partial charge in [0, 0.05) is 36.3 Å². The lowest BCUT2D eigenvalue weighted by Crippen LogP contribution is -2.46. The molecule has 196 valence electrons. The van der Waals surface area contributed by atoms with Crippen LogP contribution in [-0.2, 0) is 16.8 Å². The van der Waals surface area contributed by atoms with Gasteiger partial charge in [0.1, 0.15) is 6.54 Å². The van der Waals surface area contributed by atoms with Crippen LogP contribution in [0.5, 0.6) is 0 Å². The molecule has 2 aromatic heterocycles. The molecule has 2 amide bonds. The van der Waals surface area contributed by atoms with Crippen molar-refractivity contribution >= 4 is 23.2 Å². The molecule has 9 heteroatoms. The van der Waals surface area contributed by atoms with Gasteiger partial charge in [0.05, 0.1) is 4.88 Å². The molecule has 8 nitrogen and oxygen atoms in total. The van der Waals surface area contributed by atoms with Crippen LogP contribution in [-0.4, -0.2) is 45.4 Å². The fraction of sp³-hybridized carbons (Fsp3) is 0.630. The molecule has 0 aromatic carbocycles. The van der Waals surface area contributed by atoms with Crippen LogP contribution in [0.3, 0.4) is 0 Å². The van der Waals surface area contributed by atoms with Crippen molar-refractivity contribution < 1.29 is 9.59 Å². The van der Waals surface area contributed by atoms with Crippen LogP contribution in [0.2, 0.25) is 0 Å². The fourth-order valence-corrected chi connectivity index (χ4v) is 6.55. The number of amides is 2. The van der Waals surface area contributed by atoms with Crippen LogP contribution in [0.25, 0.3) is 0 Å². The average molecular weight is 515 g/mol. The lowest BCUT2D eigenvalue weighted by molar-refractivity contribution is -0.123. The van der Waals surface area contributed by atoms with Crippen molar-refractivity contribution in [3.8, 4) is 0 Å². The highest BCUT2D eigenvalue weighted by atomic mass is 32.1. The van der Waals surface area contributed by atoms with Crippen LogP contribution in [0.15, 0.2) is 34.0 Å². The summed E-state index contributed by atoms with van der Waals surface area (Å²) >= 11 is 1.59. The molecular weight excluding hydrogens is 476 g/mol. The van der Waals surface area contributed by atoms with E-state index >= 15 is 0 Å². The number of aromatic amines is 1. The van der Waals surface area contributed by atoms with Crippen LogP contribution in [0.1, 0.15) is 80.3 Å². The molecule has 0 radical (unpaired) electrons. The van der Waals surface area contributed by atoms with E-state index in [4.69, 9.17) is 0 Å². The summed E-state index contributed by atoms with van der Waals surface area (Å²) in [5.41, 5.74) is -1.03. The first-order valence-electron chi connectivity index (χ1n) is 13.1. The van der Waals surface area contributed by atoms with E-state index in [9.17, 15) is 19.2 Å². The fourth-order valence-electron chi connectivity index (χ4n) is 5.52. The number of thiophene rings is 1. The summed E-state index contributed by atoms with van der Waals surface area (Å²) in [5.74, 6) is 0.627. The number of nitrogens with zero attached hydrogens (tertiary/aromatic N) is 2. The molecule has 2 atom stereocenters. The van der Waals surface area contributed by atoms with Gasteiger partial charge in [-0.25, -0.2) is 4.79 Å². The smallest absolute Gasteiger partial charge is 0.328 e. The first-order valence-corrected chi connectivity index (χ1v) is 13.9. The third-order valence-corrected chi connectivity index (χ3v) is 8.97. The molecule has 36 heavy (non-hydrogen) atoms. The van der Waals surface area contributed by atoms with E-state index in [2.05, 4.69) is 37.1 Å². The predicted octanol–water partition coefficient (Wildman–Crippen LogP) is 3.51. The Morgan fingerprint density at radius 3 is 2.53 bits per heavy atom. The molecule has 2 aliphatic rings. The number of nitrogens with one attached hydrogen (secondary N) is 2. The highest BCUT2D eigenvalue weighted by molar-refractivity contribution is 7.14. The average Bonchev–Trinajstić information content (AvgIpc) is 3.53. The van der Waals surface area contributed by atoms with Crippen molar-refractivity contribution in [2.24, 2.45) is 11.8 Å². The number of H-pyrrole nitrogens is 1. The maximum Gasteiger partial charge on any atom is 0.328 e. The monoisotopic (exact) mass is 514 g/mol. The lowest BCUT2D eigenvalue weighted by atomic mass is 9.85. The van der Waals surface area contributed by atoms with Crippen LogP contribution < -0.4 is 16.6 Å². The molecule has 2 N–H and O–H groups in total.